The summed E-state index contributed by atoms with van der Waals surface area (Å²) in [5.41, 5.74) is -0.114. The van der Waals surface area contributed by atoms with Crippen LogP contribution in [0.3, 0.4) is 0 Å². The number of fused-ring (bicyclic) bond motifs is 1. The van der Waals surface area contributed by atoms with Crippen molar-refractivity contribution in [1.82, 2.24) is 19.1 Å². The van der Waals surface area contributed by atoms with Crippen LogP contribution in [0.25, 0.3) is 11.2 Å². The Hall–Kier alpha value is -1.47. The van der Waals surface area contributed by atoms with E-state index in [0.717, 1.165) is 5.75 Å². The highest BCUT2D eigenvalue weighted by molar-refractivity contribution is 7.99. The molecule has 0 aliphatic rings. The van der Waals surface area contributed by atoms with Gasteiger partial charge in [0.05, 0.1) is 0 Å². The van der Waals surface area contributed by atoms with Crippen LogP contribution in [0.2, 0.25) is 0 Å². The monoisotopic (exact) mass is 342 g/mol. The van der Waals surface area contributed by atoms with Gasteiger partial charge in [-0.25, -0.2) is 9.78 Å². The molecule has 0 unspecified atom stereocenters. The number of halogens is 1. The van der Waals surface area contributed by atoms with E-state index in [4.69, 9.17) is 11.6 Å². The van der Waals surface area contributed by atoms with Gasteiger partial charge in [-0.2, -0.15) is 0 Å². The van der Waals surface area contributed by atoms with E-state index >= 15 is 0 Å². The lowest BCUT2D eigenvalue weighted by molar-refractivity contribution is 0.724. The third-order valence-corrected chi connectivity index (χ3v) is 4.63. The molecule has 0 amide bonds. The van der Waals surface area contributed by atoms with E-state index in [-0.39, 0.29) is 0 Å². The number of nitrogens with zero attached hydrogens (tertiary/aromatic N) is 3. The highest BCUT2D eigenvalue weighted by Gasteiger charge is 2.17. The van der Waals surface area contributed by atoms with Crippen LogP contribution in [0.15, 0.2) is 25.9 Å². The van der Waals surface area contributed by atoms with Crippen molar-refractivity contribution in [3.63, 3.8) is 0 Å². The molecule has 6 nitrogen and oxygen atoms in total. The second-order valence-corrected chi connectivity index (χ2v) is 7.07. The first kappa shape index (κ1) is 16.9. The number of hydrogen-bond acceptors (Lipinski definition) is 4. The number of rotatable bonds is 5. The van der Waals surface area contributed by atoms with Crippen molar-refractivity contribution in [3.05, 3.63) is 31.9 Å². The number of allylic oxidation sites excluding steroid dienone is 2. The van der Waals surface area contributed by atoms with Crippen molar-refractivity contribution in [2.75, 3.05) is 5.75 Å². The first-order valence-corrected chi connectivity index (χ1v) is 8.32. The van der Waals surface area contributed by atoms with Crippen LogP contribution < -0.4 is 11.2 Å². The molecule has 2 rings (SSSR count). The Labute approximate surface area is 137 Å². The van der Waals surface area contributed by atoms with Crippen molar-refractivity contribution >= 4 is 34.5 Å². The van der Waals surface area contributed by atoms with Crippen LogP contribution >= 0.6 is 23.4 Å². The molecule has 0 bridgehead atoms. The zero-order chi connectivity index (χ0) is 16.4. The van der Waals surface area contributed by atoms with Crippen molar-refractivity contribution in [2.45, 2.75) is 32.5 Å². The molecular formula is C14H19ClN4O2S. The van der Waals surface area contributed by atoms with E-state index in [1.807, 2.05) is 6.08 Å². The summed E-state index contributed by atoms with van der Waals surface area (Å²) < 4.78 is 3.15. The first-order valence-electron chi connectivity index (χ1n) is 6.95. The number of aryl methyl sites for hydroxylation is 1. The van der Waals surface area contributed by atoms with Gasteiger partial charge in [-0.05, 0) is 12.8 Å². The van der Waals surface area contributed by atoms with E-state index < -0.39 is 11.2 Å². The average Bonchev–Trinajstić information content (AvgIpc) is 2.79. The molecule has 120 valence electrons. The Bertz CT molecular complexity index is 828. The minimum absolute atomic E-state index is 0.389. The van der Waals surface area contributed by atoms with Crippen molar-refractivity contribution < 1.29 is 0 Å². The van der Waals surface area contributed by atoms with E-state index in [0.29, 0.717) is 33.8 Å². The van der Waals surface area contributed by atoms with Crippen LogP contribution in [0.5, 0.6) is 0 Å². The van der Waals surface area contributed by atoms with Gasteiger partial charge >= 0.3 is 5.69 Å². The number of hydrogen-bond donors (Lipinski definition) is 1. The first-order chi connectivity index (χ1) is 10.3. The summed E-state index contributed by atoms with van der Waals surface area (Å²) in [7, 11) is 1.59. The fourth-order valence-corrected chi connectivity index (χ4v) is 2.98. The summed E-state index contributed by atoms with van der Waals surface area (Å²) in [5, 5.41) is 1.35. The maximum atomic E-state index is 12.2. The normalized spacial score (nSPS) is 12.5. The zero-order valence-electron chi connectivity index (χ0n) is 13.0. The van der Waals surface area contributed by atoms with E-state index in [2.05, 4.69) is 23.8 Å². The topological polar surface area (TPSA) is 72.7 Å². The Kier molecular flexibility index (Phi) is 5.18. The maximum absolute atomic E-state index is 12.2. The number of imidazole rings is 1. The molecular weight excluding hydrogens is 324 g/mol. The molecule has 0 atom stereocenters. The molecule has 0 spiro atoms. The lowest BCUT2D eigenvalue weighted by Gasteiger charge is -2.07. The highest BCUT2D eigenvalue weighted by atomic mass is 35.5. The average molecular weight is 343 g/mol. The molecule has 2 aromatic heterocycles. The van der Waals surface area contributed by atoms with Gasteiger partial charge < -0.3 is 4.57 Å². The lowest BCUT2D eigenvalue weighted by Crippen LogP contribution is -2.29. The minimum atomic E-state index is -0.466. The highest BCUT2D eigenvalue weighted by Crippen LogP contribution is 2.23. The van der Waals surface area contributed by atoms with E-state index in [9.17, 15) is 9.59 Å². The molecule has 0 aliphatic heterocycles. The van der Waals surface area contributed by atoms with E-state index in [1.165, 1.54) is 4.57 Å². The molecule has 1 N–H and O–H groups in total. The number of H-pyrrole nitrogens is 1. The summed E-state index contributed by atoms with van der Waals surface area (Å²) in [5.74, 6) is 1.37. The smallest absolute Gasteiger partial charge is 0.309 e. The van der Waals surface area contributed by atoms with Crippen LogP contribution in [0.1, 0.15) is 20.8 Å². The number of thioether (sulfide) groups is 1. The van der Waals surface area contributed by atoms with Crippen LogP contribution in [0, 0.1) is 5.92 Å². The van der Waals surface area contributed by atoms with Gasteiger partial charge in [-0.1, -0.05) is 43.3 Å². The van der Waals surface area contributed by atoms with Crippen LogP contribution in [-0.4, -0.2) is 24.9 Å². The molecule has 0 aromatic carbocycles. The fourth-order valence-electron chi connectivity index (χ4n) is 1.95. The van der Waals surface area contributed by atoms with Gasteiger partial charge in [0.1, 0.15) is 0 Å². The largest absolute Gasteiger partial charge is 0.329 e. The third-order valence-electron chi connectivity index (χ3n) is 3.07. The van der Waals surface area contributed by atoms with E-state index in [1.54, 1.807) is 30.3 Å². The van der Waals surface area contributed by atoms with Crippen LogP contribution in [-0.2, 0) is 13.6 Å². The second kappa shape index (κ2) is 6.75. The lowest BCUT2D eigenvalue weighted by atomic mass is 10.3. The minimum Gasteiger partial charge on any atom is -0.309 e. The molecule has 2 heterocycles. The summed E-state index contributed by atoms with van der Waals surface area (Å²) in [6, 6.07) is 0. The number of aromatic amines is 1. The quantitative estimate of drug-likeness (QED) is 0.846. The molecule has 0 saturated carbocycles. The van der Waals surface area contributed by atoms with Gasteiger partial charge in [0.2, 0.25) is 0 Å². The molecule has 8 heteroatoms. The molecule has 2 aromatic rings. The zero-order valence-corrected chi connectivity index (χ0v) is 14.6. The molecule has 0 saturated heterocycles. The third kappa shape index (κ3) is 3.47. The van der Waals surface area contributed by atoms with Gasteiger partial charge in [0.15, 0.2) is 16.3 Å². The van der Waals surface area contributed by atoms with Gasteiger partial charge in [0, 0.05) is 24.4 Å². The summed E-state index contributed by atoms with van der Waals surface area (Å²) in [6.07, 6.45) is 1.81. The Morgan fingerprint density at radius 3 is 2.73 bits per heavy atom. The van der Waals surface area contributed by atoms with Gasteiger partial charge in [-0.3, -0.25) is 14.3 Å². The Morgan fingerprint density at radius 1 is 1.45 bits per heavy atom. The predicted octanol–water partition coefficient (Wildman–Crippen LogP) is 2.31. The molecule has 22 heavy (non-hydrogen) atoms. The van der Waals surface area contributed by atoms with Crippen molar-refractivity contribution in [3.8, 4) is 0 Å². The summed E-state index contributed by atoms with van der Waals surface area (Å²) in [6.45, 7) is 6.45. The van der Waals surface area contributed by atoms with Crippen molar-refractivity contribution in [1.29, 1.82) is 0 Å². The van der Waals surface area contributed by atoms with Crippen LogP contribution in [0.4, 0.5) is 0 Å². The Morgan fingerprint density at radius 2 is 2.14 bits per heavy atom. The second-order valence-electron chi connectivity index (χ2n) is 5.49. The predicted molar refractivity (Wildman–Crippen MR) is 90.8 cm³/mol. The molecule has 0 radical (unpaired) electrons. The summed E-state index contributed by atoms with van der Waals surface area (Å²) in [4.78, 5) is 30.7. The Balaban J connectivity index is 2.66. The fraction of sp³-hybridized carbons (Fsp3) is 0.500. The standard InChI is InChI=1S/C14H19ClN4O2S/c1-8(2)7-22-14-16-11-10(19(14)6-5-9(3)15)12(20)17-13(21)18(11)4/h5,8H,6-7H2,1-4H3,(H,17,20,21)/b9-5+. The SMILES string of the molecule is C/C(Cl)=C\Cn1c(SCC(C)C)nc2c1c(=O)[nH]c(=O)n2C. The number of aromatic nitrogens is 4. The van der Waals surface area contributed by atoms with Gasteiger partial charge in [0.25, 0.3) is 5.56 Å². The molecule has 0 aliphatic carbocycles. The number of nitrogens with one attached hydrogen (secondary N) is 1. The summed E-state index contributed by atoms with van der Waals surface area (Å²) >= 11 is 7.47. The van der Waals surface area contributed by atoms with Gasteiger partial charge in [-0.15, -0.1) is 0 Å². The molecule has 0 fully saturated rings. The van der Waals surface area contributed by atoms with Crippen molar-refractivity contribution in [2.24, 2.45) is 13.0 Å². The maximum Gasteiger partial charge on any atom is 0.329 e.